The van der Waals surface area contributed by atoms with E-state index in [9.17, 15) is 4.79 Å². The summed E-state index contributed by atoms with van der Waals surface area (Å²) >= 11 is 1.69. The van der Waals surface area contributed by atoms with E-state index in [1.54, 1.807) is 23.7 Å². The lowest BCUT2D eigenvalue weighted by atomic mass is 9.78. The number of ether oxygens (including phenoxy) is 1. The first-order valence-corrected chi connectivity index (χ1v) is 9.46. The average molecular weight is 358 g/mol. The highest BCUT2D eigenvalue weighted by Crippen LogP contribution is 2.44. The van der Waals surface area contributed by atoms with Gasteiger partial charge in [-0.05, 0) is 11.6 Å². The third kappa shape index (κ3) is 3.73. The zero-order valence-corrected chi connectivity index (χ0v) is 14.9. The zero-order chi connectivity index (χ0) is 17.1. The summed E-state index contributed by atoms with van der Waals surface area (Å²) in [7, 11) is 0. The summed E-state index contributed by atoms with van der Waals surface area (Å²) < 4.78 is 5.73. The number of carbonyl (C=O) groups excluding carboxylic acids is 1. The van der Waals surface area contributed by atoms with Crippen LogP contribution in [0.1, 0.15) is 17.0 Å². The number of hydrogen-bond donors (Lipinski definition) is 1. The molecule has 2 aliphatic rings. The van der Waals surface area contributed by atoms with Gasteiger partial charge in [0.05, 0.1) is 19.8 Å². The number of fused-ring (bicyclic) bond motifs is 1. The minimum atomic E-state index is -0.0592. The van der Waals surface area contributed by atoms with Crippen molar-refractivity contribution in [1.82, 2.24) is 20.2 Å². The second-order valence-corrected chi connectivity index (χ2v) is 7.96. The predicted molar refractivity (Wildman–Crippen MR) is 94.8 cm³/mol. The molecule has 4 rings (SSSR count). The van der Waals surface area contributed by atoms with Gasteiger partial charge in [-0.1, -0.05) is 6.07 Å². The van der Waals surface area contributed by atoms with Gasteiger partial charge in [-0.3, -0.25) is 14.7 Å². The Morgan fingerprint density at radius 3 is 3.24 bits per heavy atom. The molecule has 0 saturated carbocycles. The Kier molecular flexibility index (Phi) is 4.78. The Balaban J connectivity index is 1.35. The number of carbonyl (C=O) groups is 1. The topological polar surface area (TPSA) is 67.3 Å². The molecule has 2 saturated heterocycles. The molecule has 0 unspecified atom stereocenters. The highest BCUT2D eigenvalue weighted by Gasteiger charge is 2.51. The number of rotatable bonds is 6. The van der Waals surface area contributed by atoms with E-state index in [1.165, 1.54) is 0 Å². The molecule has 4 heterocycles. The van der Waals surface area contributed by atoms with Crippen molar-refractivity contribution in [1.29, 1.82) is 0 Å². The Morgan fingerprint density at radius 2 is 2.44 bits per heavy atom. The van der Waals surface area contributed by atoms with Gasteiger partial charge in [0.25, 0.3) is 0 Å². The molecule has 2 fully saturated rings. The SMILES string of the molecule is O=C(C[C@@]12COC[C@@H]1CN(Cc1nccs1)C2)NCc1cccnc1. The molecule has 6 nitrogen and oxygen atoms in total. The van der Waals surface area contributed by atoms with Crippen molar-refractivity contribution in [3.63, 3.8) is 0 Å². The Morgan fingerprint density at radius 1 is 1.48 bits per heavy atom. The molecule has 0 radical (unpaired) electrons. The summed E-state index contributed by atoms with van der Waals surface area (Å²) in [4.78, 5) is 23.4. The van der Waals surface area contributed by atoms with Crippen LogP contribution in [0.5, 0.6) is 0 Å². The van der Waals surface area contributed by atoms with Crippen molar-refractivity contribution < 1.29 is 9.53 Å². The Bertz CT molecular complexity index is 709. The first-order valence-electron chi connectivity index (χ1n) is 8.58. The van der Waals surface area contributed by atoms with E-state index >= 15 is 0 Å². The monoisotopic (exact) mass is 358 g/mol. The number of thiazole rings is 1. The van der Waals surface area contributed by atoms with Gasteiger partial charge in [0.15, 0.2) is 0 Å². The number of amides is 1. The second kappa shape index (κ2) is 7.19. The third-order valence-corrected chi connectivity index (χ3v) is 5.92. The van der Waals surface area contributed by atoms with Gasteiger partial charge in [0.2, 0.25) is 5.91 Å². The van der Waals surface area contributed by atoms with Crippen LogP contribution in [0.4, 0.5) is 0 Å². The van der Waals surface area contributed by atoms with E-state index in [2.05, 4.69) is 20.2 Å². The summed E-state index contributed by atoms with van der Waals surface area (Å²) in [5.74, 6) is 0.520. The lowest BCUT2D eigenvalue weighted by Gasteiger charge is -2.26. The maximum absolute atomic E-state index is 12.5. The van der Waals surface area contributed by atoms with Crippen LogP contribution in [-0.2, 0) is 22.6 Å². The molecule has 2 atom stereocenters. The van der Waals surface area contributed by atoms with Gasteiger partial charge in [0, 0.05) is 61.4 Å². The van der Waals surface area contributed by atoms with Crippen LogP contribution < -0.4 is 5.32 Å². The fourth-order valence-corrected chi connectivity index (χ4v) is 4.58. The molecule has 0 spiro atoms. The number of likely N-dealkylation sites (tertiary alicyclic amines) is 1. The van der Waals surface area contributed by atoms with E-state index in [0.29, 0.717) is 25.5 Å². The van der Waals surface area contributed by atoms with E-state index < -0.39 is 0 Å². The number of nitrogens with zero attached hydrogens (tertiary/aromatic N) is 3. The molecule has 0 aliphatic carbocycles. The van der Waals surface area contributed by atoms with Crippen LogP contribution in [0.2, 0.25) is 0 Å². The van der Waals surface area contributed by atoms with Gasteiger partial charge in [-0.15, -0.1) is 11.3 Å². The summed E-state index contributed by atoms with van der Waals surface area (Å²) in [6.45, 7) is 4.70. The molecule has 1 amide bonds. The molecule has 0 aromatic carbocycles. The summed E-state index contributed by atoms with van der Waals surface area (Å²) in [6, 6.07) is 3.85. The van der Waals surface area contributed by atoms with Gasteiger partial charge in [-0.2, -0.15) is 0 Å². The van der Waals surface area contributed by atoms with Crippen LogP contribution in [0.3, 0.4) is 0 Å². The molecular weight excluding hydrogens is 336 g/mol. The zero-order valence-electron chi connectivity index (χ0n) is 14.1. The summed E-state index contributed by atoms with van der Waals surface area (Å²) in [6.07, 6.45) is 5.89. The fourth-order valence-electron chi connectivity index (χ4n) is 3.92. The smallest absolute Gasteiger partial charge is 0.220 e. The fraction of sp³-hybridized carbons (Fsp3) is 0.500. The number of pyridine rings is 1. The maximum Gasteiger partial charge on any atom is 0.220 e. The van der Waals surface area contributed by atoms with Crippen LogP contribution >= 0.6 is 11.3 Å². The van der Waals surface area contributed by atoms with Gasteiger partial charge in [-0.25, -0.2) is 4.98 Å². The van der Waals surface area contributed by atoms with Crippen molar-refractivity contribution in [2.45, 2.75) is 19.5 Å². The number of aromatic nitrogens is 2. The third-order valence-electron chi connectivity index (χ3n) is 5.16. The van der Waals surface area contributed by atoms with E-state index in [4.69, 9.17) is 4.74 Å². The van der Waals surface area contributed by atoms with Gasteiger partial charge >= 0.3 is 0 Å². The van der Waals surface area contributed by atoms with Crippen molar-refractivity contribution in [2.75, 3.05) is 26.3 Å². The molecular formula is C18H22N4O2S. The molecule has 2 aromatic rings. The Hall–Kier alpha value is -1.83. The Labute approximate surface area is 151 Å². The lowest BCUT2D eigenvalue weighted by molar-refractivity contribution is -0.123. The average Bonchev–Trinajstić information content (AvgIpc) is 3.31. The number of hydrogen-bond acceptors (Lipinski definition) is 6. The molecule has 2 aromatic heterocycles. The van der Waals surface area contributed by atoms with Gasteiger partial charge in [0.1, 0.15) is 5.01 Å². The van der Waals surface area contributed by atoms with Crippen LogP contribution in [0.15, 0.2) is 36.1 Å². The molecule has 7 heteroatoms. The largest absolute Gasteiger partial charge is 0.380 e. The minimum absolute atomic E-state index is 0.0592. The van der Waals surface area contributed by atoms with Crippen molar-refractivity contribution in [3.05, 3.63) is 46.7 Å². The molecule has 2 aliphatic heterocycles. The molecule has 0 bridgehead atoms. The standard InChI is InChI=1S/C18H22N4O2S/c23-16(21-8-14-2-1-3-19-7-14)6-18-12-22(9-15(18)11-24-13-18)10-17-20-4-5-25-17/h1-5,7,15H,6,8-13H2,(H,21,23)/t15-,18+/m0/s1. The first-order chi connectivity index (χ1) is 12.2. The molecule has 132 valence electrons. The maximum atomic E-state index is 12.5. The number of nitrogens with one attached hydrogen (secondary N) is 1. The van der Waals surface area contributed by atoms with Gasteiger partial charge < -0.3 is 10.1 Å². The predicted octanol–water partition coefficient (Wildman–Crippen LogP) is 1.69. The van der Waals surface area contributed by atoms with Crippen LogP contribution in [0.25, 0.3) is 0 Å². The highest BCUT2D eigenvalue weighted by atomic mass is 32.1. The van der Waals surface area contributed by atoms with Crippen LogP contribution in [-0.4, -0.2) is 47.1 Å². The quantitative estimate of drug-likeness (QED) is 0.851. The summed E-state index contributed by atoms with van der Waals surface area (Å²) in [5, 5.41) is 6.18. The van der Waals surface area contributed by atoms with Crippen molar-refractivity contribution in [3.8, 4) is 0 Å². The van der Waals surface area contributed by atoms with E-state index in [0.717, 1.165) is 36.8 Å². The molecule has 25 heavy (non-hydrogen) atoms. The van der Waals surface area contributed by atoms with Crippen LogP contribution in [0, 0.1) is 11.3 Å². The van der Waals surface area contributed by atoms with Crippen molar-refractivity contribution >= 4 is 17.2 Å². The van der Waals surface area contributed by atoms with E-state index in [1.807, 2.05) is 23.7 Å². The first kappa shape index (κ1) is 16.6. The minimum Gasteiger partial charge on any atom is -0.380 e. The normalized spacial score (nSPS) is 25.8. The summed E-state index contributed by atoms with van der Waals surface area (Å²) in [5.41, 5.74) is 0.959. The molecule has 1 N–H and O–H groups in total. The van der Waals surface area contributed by atoms with Crippen molar-refractivity contribution in [2.24, 2.45) is 11.3 Å². The van der Waals surface area contributed by atoms with E-state index in [-0.39, 0.29) is 11.3 Å². The lowest BCUT2D eigenvalue weighted by Crippen LogP contribution is -2.37. The highest BCUT2D eigenvalue weighted by molar-refractivity contribution is 7.09. The second-order valence-electron chi connectivity index (χ2n) is 6.98.